The van der Waals surface area contributed by atoms with Crippen LogP contribution in [0.3, 0.4) is 0 Å². The fourth-order valence-electron chi connectivity index (χ4n) is 6.16. The number of fused-ring (bicyclic) bond motifs is 4. The van der Waals surface area contributed by atoms with Crippen molar-refractivity contribution in [3.05, 3.63) is 42.0 Å². The highest BCUT2D eigenvalue weighted by Crippen LogP contribution is 2.38. The van der Waals surface area contributed by atoms with E-state index in [1.165, 1.54) is 12.8 Å². The fourth-order valence-corrected chi connectivity index (χ4v) is 6.16. The average molecular weight is 471 g/mol. The molecule has 4 aromatic rings. The van der Waals surface area contributed by atoms with Gasteiger partial charge in [0.2, 0.25) is 5.88 Å². The van der Waals surface area contributed by atoms with Crippen LogP contribution in [0.2, 0.25) is 0 Å². The molecule has 0 radical (unpaired) electrons. The minimum Gasteiger partial charge on any atom is -0.481 e. The molecule has 0 unspecified atom stereocenters. The number of benzene rings is 1. The Labute approximate surface area is 203 Å². The number of likely N-dealkylation sites (tertiary alicyclic amines) is 1. The average Bonchev–Trinajstić information content (AvgIpc) is 3.29. The van der Waals surface area contributed by atoms with Crippen LogP contribution >= 0.6 is 0 Å². The van der Waals surface area contributed by atoms with Gasteiger partial charge in [-0.2, -0.15) is 4.98 Å². The van der Waals surface area contributed by atoms with E-state index in [2.05, 4.69) is 21.3 Å². The van der Waals surface area contributed by atoms with E-state index < -0.39 is 0 Å². The summed E-state index contributed by atoms with van der Waals surface area (Å²) in [5.74, 6) is 2.68. The number of nitrogens with zero attached hydrogens (tertiary/aromatic N) is 5. The normalized spacial score (nSPS) is 23.6. The highest BCUT2D eigenvalue weighted by Gasteiger charge is 2.46. The van der Waals surface area contributed by atoms with Crippen LogP contribution in [-0.4, -0.2) is 55.6 Å². The van der Waals surface area contributed by atoms with Gasteiger partial charge in [-0.1, -0.05) is 0 Å². The van der Waals surface area contributed by atoms with Crippen molar-refractivity contribution in [2.45, 2.75) is 44.3 Å². The summed E-state index contributed by atoms with van der Waals surface area (Å²) in [6.45, 7) is 1.69. The van der Waals surface area contributed by atoms with Crippen molar-refractivity contribution >= 4 is 28.0 Å². The molecule has 3 fully saturated rings. The van der Waals surface area contributed by atoms with Crippen molar-refractivity contribution in [2.24, 2.45) is 24.6 Å². The Morgan fingerprint density at radius 1 is 1.11 bits per heavy atom. The van der Waals surface area contributed by atoms with Crippen LogP contribution in [0.25, 0.3) is 33.6 Å². The predicted octanol–water partition coefficient (Wildman–Crippen LogP) is 3.57. The number of imidazole rings is 1. The lowest BCUT2D eigenvalue weighted by atomic mass is 10.1. The molecule has 180 valence electrons. The van der Waals surface area contributed by atoms with E-state index in [9.17, 15) is 4.79 Å². The van der Waals surface area contributed by atoms with Gasteiger partial charge in [0.15, 0.2) is 5.82 Å². The molecule has 7 rings (SSSR count). The quantitative estimate of drug-likeness (QED) is 0.482. The zero-order valence-electron chi connectivity index (χ0n) is 20.1. The van der Waals surface area contributed by atoms with Crippen molar-refractivity contribution in [2.75, 3.05) is 13.7 Å². The number of hydrogen-bond donors (Lipinski definition) is 1. The first-order valence-electron chi connectivity index (χ1n) is 12.6. The molecule has 2 aliphatic carbocycles. The Morgan fingerprint density at radius 2 is 1.97 bits per heavy atom. The lowest BCUT2D eigenvalue weighted by Gasteiger charge is -2.27. The van der Waals surface area contributed by atoms with Crippen LogP contribution < -0.4 is 10.5 Å². The fraction of sp³-hybridized carbons (Fsp3) is 0.444. The predicted molar refractivity (Wildman–Crippen MR) is 134 cm³/mol. The summed E-state index contributed by atoms with van der Waals surface area (Å²) < 4.78 is 9.80. The summed E-state index contributed by atoms with van der Waals surface area (Å²) in [6, 6.07) is 12.3. The maximum absolute atomic E-state index is 13.4. The number of amides is 1. The summed E-state index contributed by atoms with van der Waals surface area (Å²) >= 11 is 0. The molecular weight excluding hydrogens is 440 g/mol. The number of methoxy groups -OCH3 is 1. The van der Waals surface area contributed by atoms with Crippen LogP contribution in [0.5, 0.6) is 5.88 Å². The number of nitrogens with two attached hydrogens (primary N) is 1. The zero-order chi connectivity index (χ0) is 23.8. The second-order valence-electron chi connectivity index (χ2n) is 10.5. The third-order valence-corrected chi connectivity index (χ3v) is 8.34. The molecule has 4 heterocycles. The topological polar surface area (TPSA) is 91.2 Å². The van der Waals surface area contributed by atoms with Gasteiger partial charge in [0, 0.05) is 49.2 Å². The number of carbonyl (C=O) groups excluding carboxylic acids is 1. The van der Waals surface area contributed by atoms with Gasteiger partial charge in [-0.25, -0.2) is 4.98 Å². The highest BCUT2D eigenvalue weighted by atomic mass is 16.5. The van der Waals surface area contributed by atoms with Crippen molar-refractivity contribution < 1.29 is 9.53 Å². The maximum Gasteiger partial charge on any atom is 0.254 e. The smallest absolute Gasteiger partial charge is 0.254 e. The summed E-state index contributed by atoms with van der Waals surface area (Å²) in [6.07, 6.45) is 4.64. The number of aromatic nitrogens is 4. The highest BCUT2D eigenvalue weighted by molar-refractivity contribution is 5.98. The minimum absolute atomic E-state index is 0.0703. The number of piperidine rings is 1. The van der Waals surface area contributed by atoms with Gasteiger partial charge in [0.1, 0.15) is 5.65 Å². The molecule has 1 saturated heterocycles. The summed E-state index contributed by atoms with van der Waals surface area (Å²) in [4.78, 5) is 25.1. The number of rotatable bonds is 5. The van der Waals surface area contributed by atoms with Gasteiger partial charge in [0.05, 0.1) is 23.8 Å². The van der Waals surface area contributed by atoms with Crippen LogP contribution in [0, 0.1) is 11.8 Å². The van der Waals surface area contributed by atoms with Crippen LogP contribution in [0.4, 0.5) is 0 Å². The van der Waals surface area contributed by atoms with Gasteiger partial charge < -0.3 is 24.5 Å². The van der Waals surface area contributed by atoms with E-state index in [0.717, 1.165) is 59.5 Å². The van der Waals surface area contributed by atoms with E-state index in [1.54, 1.807) is 7.11 Å². The van der Waals surface area contributed by atoms with Gasteiger partial charge >= 0.3 is 0 Å². The number of pyridine rings is 1. The molecule has 35 heavy (non-hydrogen) atoms. The molecule has 1 aromatic carbocycles. The monoisotopic (exact) mass is 470 g/mol. The Balaban J connectivity index is 1.30. The minimum atomic E-state index is 0.0703. The van der Waals surface area contributed by atoms with E-state index >= 15 is 0 Å². The SMILES string of the molecule is COc1ccc2cc(-c3nc4cc(C(=O)N5C[C@H]6CC[C@@H]5[C@@H]6N)ccc4n3C)n(CC3CC3)c2n1. The van der Waals surface area contributed by atoms with Crippen molar-refractivity contribution in [3.8, 4) is 17.4 Å². The molecule has 3 aliphatic rings. The van der Waals surface area contributed by atoms with Gasteiger partial charge in [-0.05, 0) is 67.9 Å². The standard InChI is InChI=1S/C27H30N6O2/c1-31-20-8-5-17(27(34)33-14-18-6-9-21(33)24(18)28)11-19(20)29-26(31)22-12-16-7-10-23(35-2)30-25(16)32(22)13-15-3-4-15/h5,7-8,10-12,15,18,21,24H,3-4,6,9,13-14,28H2,1-2H3/t18-,21-,24-/m1/s1. The number of aryl methyl sites for hydroxylation is 1. The second kappa shape index (κ2) is 7.55. The molecule has 1 aliphatic heterocycles. The first kappa shape index (κ1) is 20.9. The molecule has 2 N–H and O–H groups in total. The Kier molecular flexibility index (Phi) is 4.52. The molecule has 3 aromatic heterocycles. The van der Waals surface area contributed by atoms with Crippen LogP contribution in [0.1, 0.15) is 36.0 Å². The van der Waals surface area contributed by atoms with Gasteiger partial charge in [0.25, 0.3) is 5.91 Å². The summed E-state index contributed by atoms with van der Waals surface area (Å²) in [5.41, 5.74) is 10.8. The number of ether oxygens (including phenoxy) is 1. The Hall–Kier alpha value is -3.39. The first-order valence-corrected chi connectivity index (χ1v) is 12.6. The molecule has 2 saturated carbocycles. The Bertz CT molecular complexity index is 1480. The molecule has 0 spiro atoms. The molecule has 2 bridgehead atoms. The summed E-state index contributed by atoms with van der Waals surface area (Å²) in [5, 5.41) is 1.07. The Morgan fingerprint density at radius 3 is 2.69 bits per heavy atom. The molecule has 8 nitrogen and oxygen atoms in total. The largest absolute Gasteiger partial charge is 0.481 e. The molecule has 3 atom stereocenters. The van der Waals surface area contributed by atoms with Crippen LogP contribution in [0.15, 0.2) is 36.4 Å². The summed E-state index contributed by atoms with van der Waals surface area (Å²) in [7, 11) is 3.69. The lowest BCUT2D eigenvalue weighted by Crippen LogP contribution is -2.41. The van der Waals surface area contributed by atoms with Crippen molar-refractivity contribution in [1.29, 1.82) is 0 Å². The zero-order valence-corrected chi connectivity index (χ0v) is 20.1. The number of carbonyl (C=O) groups is 1. The third kappa shape index (κ3) is 3.19. The van der Waals surface area contributed by atoms with Crippen LogP contribution in [-0.2, 0) is 13.6 Å². The first-order chi connectivity index (χ1) is 17.0. The van der Waals surface area contributed by atoms with E-state index in [-0.39, 0.29) is 18.0 Å². The molecular formula is C27H30N6O2. The number of hydrogen-bond acceptors (Lipinski definition) is 5. The lowest BCUT2D eigenvalue weighted by molar-refractivity contribution is 0.0701. The van der Waals surface area contributed by atoms with Gasteiger partial charge in [-0.3, -0.25) is 4.79 Å². The van der Waals surface area contributed by atoms with Crippen molar-refractivity contribution in [1.82, 2.24) is 24.0 Å². The van der Waals surface area contributed by atoms with Crippen molar-refractivity contribution in [3.63, 3.8) is 0 Å². The third-order valence-electron chi connectivity index (χ3n) is 8.34. The van der Waals surface area contributed by atoms with Gasteiger partial charge in [-0.15, -0.1) is 0 Å². The van der Waals surface area contributed by atoms with E-state index in [0.29, 0.717) is 23.3 Å². The molecule has 8 heteroatoms. The van der Waals surface area contributed by atoms with E-state index in [1.807, 2.05) is 36.2 Å². The second-order valence-corrected chi connectivity index (χ2v) is 10.5. The molecule has 1 amide bonds. The van der Waals surface area contributed by atoms with E-state index in [4.69, 9.17) is 20.4 Å². The maximum atomic E-state index is 13.4.